The van der Waals surface area contributed by atoms with Gasteiger partial charge in [0.15, 0.2) is 0 Å². The lowest BCUT2D eigenvalue weighted by Gasteiger charge is -2.17. The van der Waals surface area contributed by atoms with Gasteiger partial charge in [-0.05, 0) is 13.8 Å². The minimum atomic E-state index is -1.18. The van der Waals surface area contributed by atoms with Gasteiger partial charge in [-0.15, -0.1) is 0 Å². The molecule has 6 heteroatoms. The summed E-state index contributed by atoms with van der Waals surface area (Å²) in [5.41, 5.74) is 0. The summed E-state index contributed by atoms with van der Waals surface area (Å²) < 4.78 is 0. The van der Waals surface area contributed by atoms with Crippen molar-refractivity contribution in [3.8, 4) is 0 Å². The molecule has 0 aromatic heterocycles. The lowest BCUT2D eigenvalue weighted by atomic mass is 10.3. The summed E-state index contributed by atoms with van der Waals surface area (Å²) in [5.74, 6) is -2.36. The van der Waals surface area contributed by atoms with Crippen molar-refractivity contribution in [2.75, 3.05) is 13.1 Å². The quantitative estimate of drug-likeness (QED) is 0.414. The second-order valence-electron chi connectivity index (χ2n) is 2.99. The minimum Gasteiger partial charge on any atom is -0.548 e. The van der Waals surface area contributed by atoms with Crippen molar-refractivity contribution < 1.29 is 19.8 Å². The molecular formula is C8H14N2O4-2. The van der Waals surface area contributed by atoms with Gasteiger partial charge in [0.25, 0.3) is 0 Å². The summed E-state index contributed by atoms with van der Waals surface area (Å²) in [7, 11) is 0. The van der Waals surface area contributed by atoms with Gasteiger partial charge in [0, 0.05) is 25.2 Å². The molecule has 0 aromatic rings. The zero-order valence-corrected chi connectivity index (χ0v) is 8.20. The molecule has 0 aromatic carbocycles. The SMILES string of the molecule is C[C@H](NCCN[C@@H](C)C(=O)[O-])C(=O)[O-]. The summed E-state index contributed by atoms with van der Waals surface area (Å²) in [6, 6.07) is -1.48. The standard InChI is InChI=1S/C8H16N2O4/c1-5(7(11)12)9-3-4-10-6(2)8(13)14/h5-6,9-10H,3-4H2,1-2H3,(H,11,12)(H,13,14)/p-2/t5-,6-/m0/s1. The van der Waals surface area contributed by atoms with Gasteiger partial charge in [0.2, 0.25) is 0 Å². The molecule has 0 aliphatic rings. The first-order valence-corrected chi connectivity index (χ1v) is 4.33. The molecule has 0 unspecified atom stereocenters. The highest BCUT2D eigenvalue weighted by molar-refractivity contribution is 5.70. The van der Waals surface area contributed by atoms with Gasteiger partial charge in [-0.2, -0.15) is 0 Å². The maximum Gasteiger partial charge on any atom is 0.0581 e. The molecule has 0 heterocycles. The third-order valence-corrected chi connectivity index (χ3v) is 1.73. The van der Waals surface area contributed by atoms with Crippen LogP contribution in [0.1, 0.15) is 13.8 Å². The highest BCUT2D eigenvalue weighted by atomic mass is 16.4. The van der Waals surface area contributed by atoms with Crippen LogP contribution in [0.2, 0.25) is 0 Å². The highest BCUT2D eigenvalue weighted by Gasteiger charge is 2.02. The molecule has 0 saturated carbocycles. The molecule has 0 fully saturated rings. The first-order chi connectivity index (χ1) is 6.45. The summed E-state index contributed by atoms with van der Waals surface area (Å²) in [6.07, 6.45) is 0. The number of hydrogen-bond acceptors (Lipinski definition) is 6. The van der Waals surface area contributed by atoms with E-state index in [0.29, 0.717) is 13.1 Å². The largest absolute Gasteiger partial charge is 0.548 e. The maximum absolute atomic E-state index is 10.2. The van der Waals surface area contributed by atoms with Crippen molar-refractivity contribution in [2.45, 2.75) is 25.9 Å². The Morgan fingerprint density at radius 1 is 1.00 bits per heavy atom. The molecule has 0 amide bonds. The van der Waals surface area contributed by atoms with Crippen LogP contribution in [0.4, 0.5) is 0 Å². The fourth-order valence-corrected chi connectivity index (χ4v) is 0.744. The third-order valence-electron chi connectivity index (χ3n) is 1.73. The monoisotopic (exact) mass is 202 g/mol. The Labute approximate surface area is 82.3 Å². The van der Waals surface area contributed by atoms with Crippen molar-refractivity contribution in [3.05, 3.63) is 0 Å². The molecule has 2 atom stereocenters. The zero-order chi connectivity index (χ0) is 11.1. The van der Waals surface area contributed by atoms with E-state index in [1.807, 2.05) is 0 Å². The van der Waals surface area contributed by atoms with Crippen molar-refractivity contribution in [1.82, 2.24) is 10.6 Å². The Kier molecular flexibility index (Phi) is 5.82. The topological polar surface area (TPSA) is 104 Å². The minimum absolute atomic E-state index is 0.354. The average Bonchev–Trinajstić information content (AvgIpc) is 2.11. The Morgan fingerprint density at radius 2 is 1.29 bits per heavy atom. The normalized spacial score (nSPS) is 14.7. The average molecular weight is 202 g/mol. The van der Waals surface area contributed by atoms with E-state index in [2.05, 4.69) is 10.6 Å². The van der Waals surface area contributed by atoms with Crippen LogP contribution in [-0.4, -0.2) is 37.1 Å². The van der Waals surface area contributed by atoms with Crippen molar-refractivity contribution in [2.24, 2.45) is 0 Å². The lowest BCUT2D eigenvalue weighted by Crippen LogP contribution is -2.48. The number of rotatable bonds is 7. The van der Waals surface area contributed by atoms with E-state index in [1.165, 1.54) is 13.8 Å². The van der Waals surface area contributed by atoms with Crippen molar-refractivity contribution in [3.63, 3.8) is 0 Å². The number of carboxylic acids is 2. The van der Waals surface area contributed by atoms with Crippen molar-refractivity contribution in [1.29, 1.82) is 0 Å². The zero-order valence-electron chi connectivity index (χ0n) is 8.20. The Hall–Kier alpha value is -1.14. The highest BCUT2D eigenvalue weighted by Crippen LogP contribution is 1.78. The molecule has 0 aliphatic carbocycles. The molecule has 0 bridgehead atoms. The smallest absolute Gasteiger partial charge is 0.0581 e. The fourth-order valence-electron chi connectivity index (χ4n) is 0.744. The second-order valence-corrected chi connectivity index (χ2v) is 2.99. The number of nitrogens with one attached hydrogen (secondary N) is 2. The van der Waals surface area contributed by atoms with Gasteiger partial charge in [-0.25, -0.2) is 0 Å². The fraction of sp³-hybridized carbons (Fsp3) is 0.750. The Balaban J connectivity index is 3.47. The molecule has 6 nitrogen and oxygen atoms in total. The number of hydrogen-bond donors (Lipinski definition) is 2. The molecular weight excluding hydrogens is 188 g/mol. The molecule has 14 heavy (non-hydrogen) atoms. The van der Waals surface area contributed by atoms with E-state index >= 15 is 0 Å². The second kappa shape index (κ2) is 6.33. The predicted molar refractivity (Wildman–Crippen MR) is 44.9 cm³/mol. The van der Waals surface area contributed by atoms with E-state index in [9.17, 15) is 19.8 Å². The number of carbonyl (C=O) groups is 2. The molecule has 0 spiro atoms. The summed E-state index contributed by atoms with van der Waals surface area (Å²) in [4.78, 5) is 20.5. The summed E-state index contributed by atoms with van der Waals surface area (Å²) in [5, 5.41) is 25.8. The van der Waals surface area contributed by atoms with Crippen LogP contribution in [0.15, 0.2) is 0 Å². The van der Waals surface area contributed by atoms with Gasteiger partial charge in [0.1, 0.15) is 0 Å². The summed E-state index contributed by atoms with van der Waals surface area (Å²) in [6.45, 7) is 3.62. The Morgan fingerprint density at radius 3 is 1.50 bits per heavy atom. The number of aliphatic carboxylic acids is 2. The van der Waals surface area contributed by atoms with Gasteiger partial charge < -0.3 is 30.4 Å². The van der Waals surface area contributed by atoms with Crippen LogP contribution in [-0.2, 0) is 9.59 Å². The number of carbonyl (C=O) groups excluding carboxylic acids is 2. The first-order valence-electron chi connectivity index (χ1n) is 4.33. The molecule has 82 valence electrons. The molecule has 0 rings (SSSR count). The maximum atomic E-state index is 10.2. The van der Waals surface area contributed by atoms with E-state index in [-0.39, 0.29) is 0 Å². The van der Waals surface area contributed by atoms with E-state index in [1.54, 1.807) is 0 Å². The van der Waals surface area contributed by atoms with Crippen LogP contribution in [0.3, 0.4) is 0 Å². The molecule has 0 radical (unpaired) electrons. The van der Waals surface area contributed by atoms with Gasteiger partial charge >= 0.3 is 0 Å². The Bertz CT molecular complexity index is 186. The first kappa shape index (κ1) is 12.9. The van der Waals surface area contributed by atoms with Crippen LogP contribution in [0.25, 0.3) is 0 Å². The van der Waals surface area contributed by atoms with E-state index in [0.717, 1.165) is 0 Å². The van der Waals surface area contributed by atoms with Crippen LogP contribution in [0.5, 0.6) is 0 Å². The number of carboxylic acid groups (broad SMARTS) is 2. The molecule has 0 saturated heterocycles. The van der Waals surface area contributed by atoms with Crippen LogP contribution >= 0.6 is 0 Å². The van der Waals surface area contributed by atoms with Crippen LogP contribution in [0, 0.1) is 0 Å². The lowest BCUT2D eigenvalue weighted by molar-refractivity contribution is -0.309. The summed E-state index contributed by atoms with van der Waals surface area (Å²) >= 11 is 0. The third kappa shape index (κ3) is 5.50. The van der Waals surface area contributed by atoms with Crippen molar-refractivity contribution >= 4 is 11.9 Å². The molecule has 0 aliphatic heterocycles. The van der Waals surface area contributed by atoms with E-state index < -0.39 is 24.0 Å². The van der Waals surface area contributed by atoms with E-state index in [4.69, 9.17) is 0 Å². The van der Waals surface area contributed by atoms with Gasteiger partial charge in [0.05, 0.1) is 11.9 Å². The molecule has 2 N–H and O–H groups in total. The van der Waals surface area contributed by atoms with Gasteiger partial charge in [-0.1, -0.05) is 0 Å². The predicted octanol–water partition coefficient (Wildman–Crippen LogP) is -3.56. The van der Waals surface area contributed by atoms with Gasteiger partial charge in [-0.3, -0.25) is 0 Å². The van der Waals surface area contributed by atoms with Crippen LogP contribution < -0.4 is 20.8 Å².